The third-order valence-electron chi connectivity index (χ3n) is 2.97. The van der Waals surface area contributed by atoms with Gasteiger partial charge in [0.15, 0.2) is 0 Å². The van der Waals surface area contributed by atoms with Crippen molar-refractivity contribution in [2.24, 2.45) is 0 Å². The normalized spacial score (nSPS) is 16.6. The summed E-state index contributed by atoms with van der Waals surface area (Å²) in [5.74, 6) is -0.786. The second-order valence-corrected chi connectivity index (χ2v) is 4.23. The summed E-state index contributed by atoms with van der Waals surface area (Å²) in [7, 11) is 1.13. The molecular weight excluding hydrogens is 261 g/mol. The summed E-state index contributed by atoms with van der Waals surface area (Å²) in [6.45, 7) is 7.08. The molecule has 100 valence electrons. The SMILES string of the molecule is [C-]#[N+]C1(c2nc(C(F)(F)F)ccc2C(=O)OC)CC1. The van der Waals surface area contributed by atoms with Crippen molar-refractivity contribution >= 4 is 5.97 Å². The van der Waals surface area contributed by atoms with E-state index in [1.807, 2.05) is 0 Å². The Bertz CT molecular complexity index is 571. The van der Waals surface area contributed by atoms with Gasteiger partial charge in [0.25, 0.3) is 5.54 Å². The van der Waals surface area contributed by atoms with Crippen LogP contribution < -0.4 is 0 Å². The average molecular weight is 270 g/mol. The van der Waals surface area contributed by atoms with Crippen LogP contribution in [-0.4, -0.2) is 18.1 Å². The molecule has 1 heterocycles. The molecule has 0 bridgehead atoms. The Morgan fingerprint density at radius 1 is 1.47 bits per heavy atom. The molecule has 0 saturated heterocycles. The molecule has 0 spiro atoms. The van der Waals surface area contributed by atoms with Crippen molar-refractivity contribution in [2.75, 3.05) is 7.11 Å². The van der Waals surface area contributed by atoms with Gasteiger partial charge in [-0.2, -0.15) is 13.2 Å². The molecular formula is C12H9F3N2O2. The van der Waals surface area contributed by atoms with Crippen LogP contribution in [0.3, 0.4) is 0 Å². The van der Waals surface area contributed by atoms with Crippen molar-refractivity contribution in [3.63, 3.8) is 0 Å². The van der Waals surface area contributed by atoms with Gasteiger partial charge >= 0.3 is 12.1 Å². The van der Waals surface area contributed by atoms with E-state index in [1.54, 1.807) is 0 Å². The highest BCUT2D eigenvalue weighted by Gasteiger charge is 2.56. The van der Waals surface area contributed by atoms with Gasteiger partial charge in [0.1, 0.15) is 11.4 Å². The highest BCUT2D eigenvalue weighted by atomic mass is 19.4. The van der Waals surface area contributed by atoms with Crippen LogP contribution in [0, 0.1) is 6.57 Å². The molecule has 0 N–H and O–H groups in total. The fourth-order valence-electron chi connectivity index (χ4n) is 1.77. The van der Waals surface area contributed by atoms with Gasteiger partial charge in [0.05, 0.1) is 12.7 Å². The first-order valence-corrected chi connectivity index (χ1v) is 5.40. The number of pyridine rings is 1. The van der Waals surface area contributed by atoms with E-state index in [9.17, 15) is 18.0 Å². The molecule has 1 fully saturated rings. The summed E-state index contributed by atoms with van der Waals surface area (Å²) in [5, 5.41) is 0. The molecule has 1 aromatic rings. The van der Waals surface area contributed by atoms with Crippen molar-refractivity contribution in [1.29, 1.82) is 0 Å². The third-order valence-corrected chi connectivity index (χ3v) is 2.97. The maximum Gasteiger partial charge on any atom is 0.433 e. The second kappa shape index (κ2) is 4.23. The van der Waals surface area contributed by atoms with Gasteiger partial charge in [-0.25, -0.2) is 16.4 Å². The molecule has 0 radical (unpaired) electrons. The fourth-order valence-corrected chi connectivity index (χ4v) is 1.77. The number of ether oxygens (including phenoxy) is 1. The molecule has 1 aliphatic carbocycles. The summed E-state index contributed by atoms with van der Waals surface area (Å²) in [4.78, 5) is 18.3. The Balaban J connectivity index is 2.59. The van der Waals surface area contributed by atoms with Crippen LogP contribution in [-0.2, 0) is 16.5 Å². The standard InChI is InChI=1S/C12H9F3N2O2/c1-16-11(5-6-11)9-7(10(18)19-2)3-4-8(17-9)12(13,14)15/h3-4H,5-6H2,2H3. The van der Waals surface area contributed by atoms with E-state index in [1.165, 1.54) is 0 Å². The van der Waals surface area contributed by atoms with Crippen LogP contribution in [0.15, 0.2) is 12.1 Å². The topological polar surface area (TPSA) is 43.5 Å². The van der Waals surface area contributed by atoms with Crippen LogP contribution in [0.2, 0.25) is 0 Å². The number of hydrogen-bond acceptors (Lipinski definition) is 3. The predicted molar refractivity (Wildman–Crippen MR) is 58.1 cm³/mol. The summed E-state index contributed by atoms with van der Waals surface area (Å²) in [6.07, 6.45) is -3.81. The number of alkyl halides is 3. The van der Waals surface area contributed by atoms with Gasteiger partial charge in [0, 0.05) is 12.8 Å². The van der Waals surface area contributed by atoms with Crippen molar-refractivity contribution in [1.82, 2.24) is 4.98 Å². The Labute approximate surface area is 107 Å². The number of halogens is 3. The van der Waals surface area contributed by atoms with Crippen LogP contribution in [0.5, 0.6) is 0 Å². The number of rotatable bonds is 2. The van der Waals surface area contributed by atoms with E-state index < -0.39 is 23.4 Å². The molecule has 1 saturated carbocycles. The second-order valence-electron chi connectivity index (χ2n) is 4.23. The van der Waals surface area contributed by atoms with E-state index in [0.29, 0.717) is 12.8 Å². The van der Waals surface area contributed by atoms with E-state index in [0.717, 1.165) is 19.2 Å². The number of carbonyl (C=O) groups is 1. The Morgan fingerprint density at radius 3 is 2.53 bits per heavy atom. The van der Waals surface area contributed by atoms with Gasteiger partial charge in [-0.3, -0.25) is 0 Å². The highest BCUT2D eigenvalue weighted by molar-refractivity contribution is 5.91. The first kappa shape index (κ1) is 13.3. The zero-order valence-electron chi connectivity index (χ0n) is 9.91. The number of nitrogens with zero attached hydrogens (tertiary/aromatic N) is 2. The lowest BCUT2D eigenvalue weighted by Crippen LogP contribution is -2.18. The van der Waals surface area contributed by atoms with Crippen LogP contribution >= 0.6 is 0 Å². The van der Waals surface area contributed by atoms with Gasteiger partial charge < -0.3 is 9.58 Å². The van der Waals surface area contributed by atoms with E-state index in [-0.39, 0.29) is 11.3 Å². The molecule has 7 heteroatoms. The molecule has 19 heavy (non-hydrogen) atoms. The first-order chi connectivity index (χ1) is 8.84. The van der Waals surface area contributed by atoms with E-state index in [2.05, 4.69) is 14.6 Å². The first-order valence-electron chi connectivity index (χ1n) is 5.40. The predicted octanol–water partition coefficient (Wildman–Crippen LogP) is 2.80. The molecule has 1 aliphatic rings. The van der Waals surface area contributed by atoms with Gasteiger partial charge in [-0.1, -0.05) is 0 Å². The summed E-state index contributed by atoms with van der Waals surface area (Å²) < 4.78 is 42.4. The van der Waals surface area contributed by atoms with Gasteiger partial charge in [-0.05, 0) is 12.1 Å². The molecule has 0 amide bonds. The Morgan fingerprint density at radius 2 is 2.11 bits per heavy atom. The Kier molecular flexibility index (Phi) is 2.97. The number of aromatic nitrogens is 1. The molecule has 0 aliphatic heterocycles. The van der Waals surface area contributed by atoms with Crippen LogP contribution in [0.25, 0.3) is 4.85 Å². The Hall–Kier alpha value is -2.10. The van der Waals surface area contributed by atoms with E-state index in [4.69, 9.17) is 6.57 Å². The highest BCUT2D eigenvalue weighted by Crippen LogP contribution is 2.50. The van der Waals surface area contributed by atoms with Crippen LogP contribution in [0.4, 0.5) is 13.2 Å². The lowest BCUT2D eigenvalue weighted by atomic mass is 10.0. The van der Waals surface area contributed by atoms with Crippen molar-refractivity contribution in [3.05, 3.63) is 40.5 Å². The molecule has 0 aromatic carbocycles. The number of hydrogen-bond donors (Lipinski definition) is 0. The fraction of sp³-hybridized carbons (Fsp3) is 0.417. The number of methoxy groups -OCH3 is 1. The minimum Gasteiger partial charge on any atom is -0.465 e. The lowest BCUT2D eigenvalue weighted by Gasteiger charge is -2.12. The van der Waals surface area contributed by atoms with Gasteiger partial charge in [-0.15, -0.1) is 0 Å². The molecule has 2 rings (SSSR count). The quantitative estimate of drug-likeness (QED) is 0.613. The summed E-state index contributed by atoms with van der Waals surface area (Å²) in [6, 6.07) is 1.73. The molecule has 0 unspecified atom stereocenters. The van der Waals surface area contributed by atoms with E-state index >= 15 is 0 Å². The van der Waals surface area contributed by atoms with Crippen molar-refractivity contribution in [2.45, 2.75) is 24.6 Å². The molecule has 1 aromatic heterocycles. The zero-order valence-corrected chi connectivity index (χ0v) is 9.91. The number of carbonyl (C=O) groups excluding carboxylic acids is 1. The van der Waals surface area contributed by atoms with Crippen molar-refractivity contribution in [3.8, 4) is 0 Å². The summed E-state index contributed by atoms with van der Waals surface area (Å²) in [5.41, 5.74) is -2.43. The molecule has 0 atom stereocenters. The summed E-state index contributed by atoms with van der Waals surface area (Å²) >= 11 is 0. The monoisotopic (exact) mass is 270 g/mol. The maximum atomic E-state index is 12.6. The maximum absolute atomic E-state index is 12.6. The zero-order chi connectivity index (χ0) is 14.3. The van der Waals surface area contributed by atoms with Crippen molar-refractivity contribution < 1.29 is 22.7 Å². The smallest absolute Gasteiger partial charge is 0.433 e. The minimum absolute atomic E-state index is 0.0796. The largest absolute Gasteiger partial charge is 0.465 e. The minimum atomic E-state index is -4.61. The number of esters is 1. The van der Waals surface area contributed by atoms with Gasteiger partial charge in [0.2, 0.25) is 0 Å². The lowest BCUT2D eigenvalue weighted by molar-refractivity contribution is -0.141. The average Bonchev–Trinajstić information content (AvgIpc) is 3.17. The molecule has 4 nitrogen and oxygen atoms in total. The third kappa shape index (κ3) is 2.26. The van der Waals surface area contributed by atoms with Crippen LogP contribution in [0.1, 0.15) is 34.6 Å².